The minimum absolute atomic E-state index is 0.0842. The lowest BCUT2D eigenvalue weighted by Gasteiger charge is -2.14. The van der Waals surface area contributed by atoms with Crippen molar-refractivity contribution in [3.05, 3.63) is 84.2 Å². The zero-order valence-electron chi connectivity index (χ0n) is 25.6. The third-order valence-corrected chi connectivity index (χ3v) is 7.51. The Kier molecular flexibility index (Phi) is 10.4. The molecule has 1 atom stereocenters. The number of amides is 1. The number of nitrogen functional groups attached to an aromatic ring is 1. The highest BCUT2D eigenvalue weighted by Crippen LogP contribution is 2.37. The number of aryl methyl sites for hydroxylation is 1. The molecule has 1 aliphatic rings. The van der Waals surface area contributed by atoms with Gasteiger partial charge >= 0.3 is 0 Å². The van der Waals surface area contributed by atoms with Crippen LogP contribution in [-0.4, -0.2) is 65.8 Å². The number of aromatic nitrogens is 3. The fourth-order valence-corrected chi connectivity index (χ4v) is 5.06. The molecule has 1 saturated heterocycles. The highest BCUT2D eigenvalue weighted by Gasteiger charge is 2.23. The molecule has 230 valence electrons. The van der Waals surface area contributed by atoms with Gasteiger partial charge in [0.2, 0.25) is 5.91 Å². The molecule has 1 aliphatic heterocycles. The van der Waals surface area contributed by atoms with Gasteiger partial charge in [0.25, 0.3) is 0 Å². The molecule has 0 saturated carbocycles. The van der Waals surface area contributed by atoms with Crippen molar-refractivity contribution in [2.45, 2.75) is 26.7 Å². The summed E-state index contributed by atoms with van der Waals surface area (Å²) >= 11 is 0. The maximum Gasteiger partial charge on any atom is 0.245 e. The number of methoxy groups -OCH3 is 2. The zero-order valence-corrected chi connectivity index (χ0v) is 25.6. The van der Waals surface area contributed by atoms with Crippen molar-refractivity contribution in [1.82, 2.24) is 19.9 Å². The van der Waals surface area contributed by atoms with Gasteiger partial charge in [-0.1, -0.05) is 19.9 Å². The lowest BCUT2D eigenvalue weighted by atomic mass is 10.0. The Bertz CT molecular complexity index is 1670. The molecule has 5 rings (SSSR count). The highest BCUT2D eigenvalue weighted by molar-refractivity contribution is 6.16. The molecule has 2 N–H and O–H groups in total. The molecular weight excluding hydrogens is 563 g/mol. The molecule has 2 aromatic heterocycles. The van der Waals surface area contributed by atoms with E-state index >= 15 is 4.39 Å². The molecule has 10 nitrogen and oxygen atoms in total. The molecule has 11 heteroatoms. The largest absolute Gasteiger partial charge is 0.493 e. The molecule has 1 unspecified atom stereocenters. The van der Waals surface area contributed by atoms with E-state index in [1.54, 1.807) is 64.7 Å². The Balaban J connectivity index is 0.000000339. The van der Waals surface area contributed by atoms with Crippen molar-refractivity contribution in [3.63, 3.8) is 0 Å². The van der Waals surface area contributed by atoms with E-state index in [2.05, 4.69) is 33.4 Å². The van der Waals surface area contributed by atoms with Crippen molar-refractivity contribution in [2.75, 3.05) is 40.1 Å². The van der Waals surface area contributed by atoms with Crippen LogP contribution in [0.2, 0.25) is 0 Å². The number of carbonyl (C=O) groups excluding carboxylic acids is 1. The van der Waals surface area contributed by atoms with Gasteiger partial charge in [0, 0.05) is 49.4 Å². The number of nitrogens with zero attached hydrogens (tertiary/aromatic N) is 5. The van der Waals surface area contributed by atoms with Crippen LogP contribution in [0.3, 0.4) is 0 Å². The smallest absolute Gasteiger partial charge is 0.245 e. The molecule has 4 aromatic rings. The summed E-state index contributed by atoms with van der Waals surface area (Å²) in [4.78, 5) is 29.7. The van der Waals surface area contributed by atoms with Crippen molar-refractivity contribution in [1.29, 1.82) is 0 Å². The fourth-order valence-electron chi connectivity index (χ4n) is 5.06. The van der Waals surface area contributed by atoms with Crippen LogP contribution in [0.15, 0.2) is 66.6 Å². The lowest BCUT2D eigenvalue weighted by Crippen LogP contribution is -2.26. The first-order chi connectivity index (χ1) is 21.2. The number of aliphatic imine (C=N–C) groups is 1. The van der Waals surface area contributed by atoms with E-state index in [0.29, 0.717) is 50.9 Å². The van der Waals surface area contributed by atoms with E-state index in [1.807, 2.05) is 4.90 Å². The molecule has 0 radical (unpaired) electrons. The number of carbonyl (C=O) groups is 1. The summed E-state index contributed by atoms with van der Waals surface area (Å²) in [6.07, 6.45) is 6.71. The number of anilines is 1. The van der Waals surface area contributed by atoms with E-state index in [9.17, 15) is 4.79 Å². The first-order valence-electron chi connectivity index (χ1n) is 14.2. The maximum atomic E-state index is 15.2. The van der Waals surface area contributed by atoms with E-state index in [0.717, 1.165) is 25.4 Å². The quantitative estimate of drug-likeness (QED) is 0.200. The Morgan fingerprint density at radius 2 is 1.89 bits per heavy atom. The number of fused-ring (bicyclic) bond motifs is 1. The number of benzene rings is 2. The number of hydrogen-bond acceptors (Lipinski definition) is 9. The molecule has 0 spiro atoms. The third kappa shape index (κ3) is 6.94. The Morgan fingerprint density at radius 3 is 2.50 bits per heavy atom. The molecular formula is C33H37FN6O4. The number of nitrogens with two attached hydrogens (primary N) is 1. The molecule has 1 fully saturated rings. The maximum absolute atomic E-state index is 15.2. The number of pyridine rings is 1. The van der Waals surface area contributed by atoms with Gasteiger partial charge in [-0.05, 0) is 49.6 Å². The van der Waals surface area contributed by atoms with Gasteiger partial charge in [0.15, 0.2) is 11.5 Å². The molecule has 0 aliphatic carbocycles. The summed E-state index contributed by atoms with van der Waals surface area (Å²) in [5.41, 5.74) is 8.39. The first kappa shape index (κ1) is 31.9. The average molecular weight is 601 g/mol. The van der Waals surface area contributed by atoms with Gasteiger partial charge in [0.05, 0.1) is 36.7 Å². The average Bonchev–Trinajstić information content (AvgIpc) is 3.52. The lowest BCUT2D eigenvalue weighted by molar-refractivity contribution is -0.125. The first-order valence-corrected chi connectivity index (χ1v) is 14.2. The molecule has 1 amide bonds. The second-order valence-corrected chi connectivity index (χ2v) is 10.1. The molecule has 0 bridgehead atoms. The van der Waals surface area contributed by atoms with E-state index < -0.39 is 5.82 Å². The van der Waals surface area contributed by atoms with Crippen LogP contribution in [0, 0.1) is 18.7 Å². The number of rotatable bonds is 8. The Labute approximate surface area is 256 Å². The van der Waals surface area contributed by atoms with Gasteiger partial charge in [-0.3, -0.25) is 14.8 Å². The topological polar surface area (TPSA) is 125 Å². The van der Waals surface area contributed by atoms with Crippen LogP contribution >= 0.6 is 0 Å². The monoisotopic (exact) mass is 600 g/mol. The van der Waals surface area contributed by atoms with Crippen molar-refractivity contribution < 1.29 is 23.4 Å². The minimum Gasteiger partial charge on any atom is -0.493 e. The predicted molar refractivity (Wildman–Crippen MR) is 169 cm³/mol. The van der Waals surface area contributed by atoms with Gasteiger partial charge in [-0.25, -0.2) is 14.4 Å². The second kappa shape index (κ2) is 14.4. The highest BCUT2D eigenvalue weighted by atomic mass is 19.1. The molecule has 2 aromatic carbocycles. The summed E-state index contributed by atoms with van der Waals surface area (Å²) < 4.78 is 31.9. The van der Waals surface area contributed by atoms with Crippen molar-refractivity contribution >= 4 is 28.3 Å². The van der Waals surface area contributed by atoms with Crippen LogP contribution in [0.4, 0.5) is 10.2 Å². The number of ether oxygens (including phenoxy) is 3. The summed E-state index contributed by atoms with van der Waals surface area (Å²) in [6, 6.07) is 9.76. The summed E-state index contributed by atoms with van der Waals surface area (Å²) in [5, 5.41) is 0.695. The van der Waals surface area contributed by atoms with Crippen LogP contribution in [0.5, 0.6) is 23.0 Å². The standard InChI is InChI=1S/C24H22FN5O3.C9H15NO/c1-13-22(24(26)30-12-29-13)23(27-2)15-6-5-14(9-17(15)25)33-19-7-8-28-18-11-21(32-4)20(31-3)10-16(18)19;1-3-8-5-6-10(7-8)9(11)4-2/h5-12H,1-4H3,(H2,26,29,30);4,8H,2-3,5-7H2,1H3. The number of halogens is 1. The van der Waals surface area contributed by atoms with Gasteiger partial charge in [-0.2, -0.15) is 0 Å². The van der Waals surface area contributed by atoms with Crippen molar-refractivity contribution in [2.24, 2.45) is 10.9 Å². The summed E-state index contributed by atoms with van der Waals surface area (Å²) in [5.74, 6) is 2.41. The van der Waals surface area contributed by atoms with Crippen LogP contribution in [0.25, 0.3) is 10.9 Å². The van der Waals surface area contributed by atoms with Crippen LogP contribution < -0.4 is 19.9 Å². The minimum atomic E-state index is -0.520. The van der Waals surface area contributed by atoms with E-state index in [1.165, 1.54) is 24.9 Å². The summed E-state index contributed by atoms with van der Waals surface area (Å²) in [6.45, 7) is 9.26. The second-order valence-electron chi connectivity index (χ2n) is 10.1. The summed E-state index contributed by atoms with van der Waals surface area (Å²) in [7, 11) is 4.67. The Morgan fingerprint density at radius 1 is 1.14 bits per heavy atom. The van der Waals surface area contributed by atoms with Gasteiger partial charge in [-0.15, -0.1) is 0 Å². The fraction of sp³-hybridized carbons (Fsp3) is 0.303. The van der Waals surface area contributed by atoms with E-state index in [-0.39, 0.29) is 17.3 Å². The zero-order chi connectivity index (χ0) is 31.8. The Hall–Kier alpha value is -5.06. The van der Waals surface area contributed by atoms with E-state index in [4.69, 9.17) is 19.9 Å². The number of hydrogen-bond donors (Lipinski definition) is 1. The normalized spacial score (nSPS) is 14.5. The predicted octanol–water partition coefficient (Wildman–Crippen LogP) is 5.76. The van der Waals surface area contributed by atoms with Crippen LogP contribution in [-0.2, 0) is 4.79 Å². The number of likely N-dealkylation sites (tertiary alicyclic amines) is 1. The molecule has 3 heterocycles. The third-order valence-electron chi connectivity index (χ3n) is 7.51. The molecule has 44 heavy (non-hydrogen) atoms. The van der Waals surface area contributed by atoms with Crippen molar-refractivity contribution in [3.8, 4) is 23.0 Å². The van der Waals surface area contributed by atoms with Crippen LogP contribution in [0.1, 0.15) is 36.6 Å². The van der Waals surface area contributed by atoms with Gasteiger partial charge < -0.3 is 24.8 Å². The SMILES string of the molecule is C=CC(=O)N1CCC(CC)C1.CN=C(c1ccc(Oc2ccnc3cc(OC)c(OC)cc23)cc1F)c1c(C)ncnc1N. The van der Waals surface area contributed by atoms with Gasteiger partial charge in [0.1, 0.15) is 29.5 Å².